The van der Waals surface area contributed by atoms with E-state index < -0.39 is 18.8 Å². The van der Waals surface area contributed by atoms with Gasteiger partial charge in [0.05, 0.1) is 0 Å². The summed E-state index contributed by atoms with van der Waals surface area (Å²) in [5, 5.41) is 3.03. The van der Waals surface area contributed by atoms with Crippen molar-refractivity contribution in [2.75, 3.05) is 13.2 Å². The van der Waals surface area contributed by atoms with Crippen molar-refractivity contribution >= 4 is 5.97 Å². The molecule has 0 atom stereocenters. The third kappa shape index (κ3) is 8.90. The quantitative estimate of drug-likeness (QED) is 0.438. The standard InChI is InChI=1S/C12H20F3NO2/c1-4-5-6-16-10(9(2)3)7-11(17)18-8-12(13,14)15/h7,9,16H,4-6,8H2,1-3H3/b10-7-. The van der Waals surface area contributed by atoms with Crippen molar-refractivity contribution in [2.45, 2.75) is 39.8 Å². The van der Waals surface area contributed by atoms with Crippen molar-refractivity contribution in [1.29, 1.82) is 0 Å². The summed E-state index contributed by atoms with van der Waals surface area (Å²) in [5.41, 5.74) is 0.593. The molecule has 6 heteroatoms. The summed E-state index contributed by atoms with van der Waals surface area (Å²) in [6.07, 6.45) is -1.47. The Labute approximate surface area is 105 Å². The average Bonchev–Trinajstić information content (AvgIpc) is 2.24. The number of esters is 1. The number of rotatable bonds is 7. The van der Waals surface area contributed by atoms with Crippen LogP contribution >= 0.6 is 0 Å². The van der Waals surface area contributed by atoms with Crippen molar-refractivity contribution in [2.24, 2.45) is 5.92 Å². The van der Waals surface area contributed by atoms with E-state index in [1.807, 2.05) is 20.8 Å². The molecule has 3 nitrogen and oxygen atoms in total. The van der Waals surface area contributed by atoms with Crippen molar-refractivity contribution < 1.29 is 22.7 Å². The third-order valence-electron chi connectivity index (χ3n) is 2.13. The Bertz CT molecular complexity index is 286. The molecule has 0 radical (unpaired) electrons. The summed E-state index contributed by atoms with van der Waals surface area (Å²) in [5.74, 6) is -0.944. The first-order chi connectivity index (χ1) is 8.26. The first-order valence-corrected chi connectivity index (χ1v) is 5.95. The summed E-state index contributed by atoms with van der Waals surface area (Å²) >= 11 is 0. The van der Waals surface area contributed by atoms with E-state index in [9.17, 15) is 18.0 Å². The van der Waals surface area contributed by atoms with Gasteiger partial charge in [-0.1, -0.05) is 27.2 Å². The molecular formula is C12H20F3NO2. The van der Waals surface area contributed by atoms with Crippen LogP contribution in [0.25, 0.3) is 0 Å². The minimum atomic E-state index is -4.49. The molecule has 0 amide bonds. The van der Waals surface area contributed by atoms with Crippen LogP contribution in [0.3, 0.4) is 0 Å². The number of carbonyl (C=O) groups excluding carboxylic acids is 1. The number of alkyl halides is 3. The van der Waals surface area contributed by atoms with E-state index >= 15 is 0 Å². The second-order valence-electron chi connectivity index (χ2n) is 4.26. The summed E-state index contributed by atoms with van der Waals surface area (Å²) in [7, 11) is 0. The van der Waals surface area contributed by atoms with Gasteiger partial charge in [-0.25, -0.2) is 4.79 Å². The molecule has 0 aliphatic heterocycles. The van der Waals surface area contributed by atoms with E-state index in [2.05, 4.69) is 10.1 Å². The normalized spacial score (nSPS) is 12.7. The summed E-state index contributed by atoms with van der Waals surface area (Å²) in [4.78, 5) is 11.2. The maximum Gasteiger partial charge on any atom is 0.422 e. The molecule has 0 saturated heterocycles. The van der Waals surface area contributed by atoms with E-state index in [1.165, 1.54) is 0 Å². The largest absolute Gasteiger partial charge is 0.453 e. The zero-order valence-corrected chi connectivity index (χ0v) is 10.9. The van der Waals surface area contributed by atoms with Gasteiger partial charge in [0.25, 0.3) is 0 Å². The number of hydrogen-bond donors (Lipinski definition) is 1. The monoisotopic (exact) mass is 267 g/mol. The van der Waals surface area contributed by atoms with E-state index in [4.69, 9.17) is 0 Å². The summed E-state index contributed by atoms with van der Waals surface area (Å²) in [6, 6.07) is 0. The van der Waals surface area contributed by atoms with Gasteiger partial charge in [0.1, 0.15) is 0 Å². The highest BCUT2D eigenvalue weighted by Gasteiger charge is 2.29. The highest BCUT2D eigenvalue weighted by Crippen LogP contribution is 2.15. The van der Waals surface area contributed by atoms with Crippen molar-refractivity contribution in [3.8, 4) is 0 Å². The van der Waals surface area contributed by atoms with Gasteiger partial charge < -0.3 is 10.1 Å². The molecule has 0 aromatic heterocycles. The van der Waals surface area contributed by atoms with Crippen LogP contribution in [-0.2, 0) is 9.53 Å². The number of nitrogens with one attached hydrogen (secondary N) is 1. The molecule has 0 heterocycles. The van der Waals surface area contributed by atoms with Crippen LogP contribution in [0.2, 0.25) is 0 Å². The lowest BCUT2D eigenvalue weighted by Gasteiger charge is -2.14. The number of hydrogen-bond acceptors (Lipinski definition) is 3. The molecule has 0 aromatic carbocycles. The Morgan fingerprint density at radius 3 is 2.44 bits per heavy atom. The zero-order chi connectivity index (χ0) is 14.2. The van der Waals surface area contributed by atoms with Crippen molar-refractivity contribution in [3.05, 3.63) is 11.8 Å². The predicted molar refractivity (Wildman–Crippen MR) is 62.8 cm³/mol. The van der Waals surface area contributed by atoms with E-state index in [-0.39, 0.29) is 5.92 Å². The van der Waals surface area contributed by atoms with Crippen LogP contribution in [0.4, 0.5) is 13.2 Å². The van der Waals surface area contributed by atoms with Gasteiger partial charge in [0.2, 0.25) is 0 Å². The lowest BCUT2D eigenvalue weighted by atomic mass is 10.1. The Hall–Kier alpha value is -1.20. The lowest BCUT2D eigenvalue weighted by Crippen LogP contribution is -2.23. The van der Waals surface area contributed by atoms with Crippen molar-refractivity contribution in [3.63, 3.8) is 0 Å². The minimum Gasteiger partial charge on any atom is -0.453 e. The number of halogens is 3. The predicted octanol–water partition coefficient (Wildman–Crippen LogP) is 3.02. The van der Waals surface area contributed by atoms with Gasteiger partial charge in [0, 0.05) is 18.3 Å². The topological polar surface area (TPSA) is 38.3 Å². The third-order valence-corrected chi connectivity index (χ3v) is 2.13. The van der Waals surface area contributed by atoms with Gasteiger partial charge in [-0.2, -0.15) is 13.2 Å². The molecule has 0 bridgehead atoms. The number of allylic oxidation sites excluding steroid dienone is 1. The van der Waals surface area contributed by atoms with E-state index in [0.29, 0.717) is 12.2 Å². The van der Waals surface area contributed by atoms with Crippen molar-refractivity contribution in [1.82, 2.24) is 5.32 Å². The van der Waals surface area contributed by atoms with Crippen LogP contribution in [0.15, 0.2) is 11.8 Å². The molecule has 0 fully saturated rings. The molecule has 0 aromatic rings. The molecule has 106 valence electrons. The number of carbonyl (C=O) groups is 1. The Morgan fingerprint density at radius 1 is 1.39 bits per heavy atom. The molecule has 18 heavy (non-hydrogen) atoms. The highest BCUT2D eigenvalue weighted by molar-refractivity contribution is 5.82. The molecule has 0 aliphatic rings. The van der Waals surface area contributed by atoms with Crippen LogP contribution in [0, 0.1) is 5.92 Å². The smallest absolute Gasteiger partial charge is 0.422 e. The summed E-state index contributed by atoms with van der Waals surface area (Å²) in [6.45, 7) is 4.86. The lowest BCUT2D eigenvalue weighted by molar-refractivity contribution is -0.182. The van der Waals surface area contributed by atoms with Gasteiger partial charge in [-0.15, -0.1) is 0 Å². The summed E-state index contributed by atoms with van der Waals surface area (Å²) < 4.78 is 39.7. The maximum absolute atomic E-state index is 11.8. The molecule has 0 aliphatic carbocycles. The zero-order valence-electron chi connectivity index (χ0n) is 10.9. The van der Waals surface area contributed by atoms with E-state index in [0.717, 1.165) is 18.9 Å². The van der Waals surface area contributed by atoms with Gasteiger partial charge in [-0.05, 0) is 12.3 Å². The first-order valence-electron chi connectivity index (χ1n) is 5.95. The SMILES string of the molecule is CCCCN/C(=C\C(=O)OCC(F)(F)F)C(C)C. The maximum atomic E-state index is 11.8. The second-order valence-corrected chi connectivity index (χ2v) is 4.26. The van der Waals surface area contributed by atoms with Gasteiger partial charge in [0.15, 0.2) is 6.61 Å². The Balaban J connectivity index is 4.32. The van der Waals surface area contributed by atoms with Gasteiger partial charge >= 0.3 is 12.1 Å². The van der Waals surface area contributed by atoms with Crippen LogP contribution in [-0.4, -0.2) is 25.3 Å². The van der Waals surface area contributed by atoms with Crippen LogP contribution < -0.4 is 5.32 Å². The molecule has 0 unspecified atom stereocenters. The van der Waals surface area contributed by atoms with Gasteiger partial charge in [-0.3, -0.25) is 0 Å². The average molecular weight is 267 g/mol. The molecule has 0 rings (SSSR count). The van der Waals surface area contributed by atoms with Crippen LogP contribution in [0.1, 0.15) is 33.6 Å². The van der Waals surface area contributed by atoms with Crippen LogP contribution in [0.5, 0.6) is 0 Å². The Kier molecular flexibility index (Phi) is 7.47. The minimum absolute atomic E-state index is 0.0280. The fraction of sp³-hybridized carbons (Fsp3) is 0.750. The fourth-order valence-electron chi connectivity index (χ4n) is 1.15. The van der Waals surface area contributed by atoms with E-state index in [1.54, 1.807) is 0 Å². The number of ether oxygens (including phenoxy) is 1. The molecule has 0 spiro atoms. The second kappa shape index (κ2) is 8.00. The first kappa shape index (κ1) is 16.8. The Morgan fingerprint density at radius 2 is 2.00 bits per heavy atom. The molecular weight excluding hydrogens is 247 g/mol. The number of unbranched alkanes of at least 4 members (excludes halogenated alkanes) is 1. The highest BCUT2D eigenvalue weighted by atomic mass is 19.4. The molecule has 1 N–H and O–H groups in total. The molecule has 0 saturated carbocycles. The fourth-order valence-corrected chi connectivity index (χ4v) is 1.15.